The maximum absolute atomic E-state index is 10.8. The van der Waals surface area contributed by atoms with Crippen LogP contribution in [0.1, 0.15) is 44.2 Å². The highest BCUT2D eigenvalue weighted by atomic mass is 16.6. The Balaban J connectivity index is 1.88. The number of methoxy groups -OCH3 is 1. The summed E-state index contributed by atoms with van der Waals surface area (Å²) in [5.74, 6) is 0.528. The quantitative estimate of drug-likeness (QED) is 0.409. The van der Waals surface area contributed by atoms with Crippen molar-refractivity contribution in [2.75, 3.05) is 40.1 Å². The number of nitrogens with two attached hydrogens (primary N) is 1. The Morgan fingerprint density at radius 1 is 0.960 bits per heavy atom. The fraction of sp³-hybridized carbons (Fsp3) is 0.632. The smallest absolute Gasteiger partial charge is 0.331 e. The lowest BCUT2D eigenvalue weighted by Crippen LogP contribution is -2.11. The van der Waals surface area contributed by atoms with Gasteiger partial charge in [0.2, 0.25) is 0 Å². The summed E-state index contributed by atoms with van der Waals surface area (Å²) >= 11 is 0. The van der Waals surface area contributed by atoms with E-state index in [4.69, 9.17) is 19.9 Å². The standard InChI is InChI=1S/C19H31NO5/c1-16(20)17-7-9-18(10-8-17)25-14-5-3-4-11-23-12-6-13-24-15-19(21)22-2/h7-10,16H,3-6,11-15,20H2,1-2H3/t16-/m1/s1. The molecular formula is C19H31NO5. The van der Waals surface area contributed by atoms with Gasteiger partial charge in [-0.05, 0) is 50.3 Å². The SMILES string of the molecule is COC(=O)COCCCOCCCCCOc1ccc([C@@H](C)N)cc1. The Hall–Kier alpha value is -1.63. The van der Waals surface area contributed by atoms with Gasteiger partial charge in [-0.15, -0.1) is 0 Å². The summed E-state index contributed by atoms with van der Waals surface area (Å²) in [6.07, 6.45) is 3.85. The molecule has 0 aliphatic rings. The van der Waals surface area contributed by atoms with Gasteiger partial charge in [-0.2, -0.15) is 0 Å². The number of esters is 1. The molecule has 6 heteroatoms. The molecular weight excluding hydrogens is 322 g/mol. The molecule has 0 aliphatic heterocycles. The lowest BCUT2D eigenvalue weighted by Gasteiger charge is -2.09. The third-order valence-corrected chi connectivity index (χ3v) is 3.63. The molecule has 0 fully saturated rings. The van der Waals surface area contributed by atoms with Crippen molar-refractivity contribution in [3.8, 4) is 5.75 Å². The zero-order chi connectivity index (χ0) is 18.3. The minimum absolute atomic E-state index is 0.00444. The fourth-order valence-corrected chi connectivity index (χ4v) is 2.12. The van der Waals surface area contributed by atoms with Gasteiger partial charge in [-0.1, -0.05) is 12.1 Å². The average Bonchev–Trinajstić information content (AvgIpc) is 2.62. The van der Waals surface area contributed by atoms with E-state index in [0.29, 0.717) is 19.8 Å². The highest BCUT2D eigenvalue weighted by Crippen LogP contribution is 2.16. The van der Waals surface area contributed by atoms with Crippen LogP contribution in [0.4, 0.5) is 0 Å². The van der Waals surface area contributed by atoms with E-state index >= 15 is 0 Å². The number of benzene rings is 1. The number of hydrogen-bond acceptors (Lipinski definition) is 6. The fourth-order valence-electron chi connectivity index (χ4n) is 2.12. The largest absolute Gasteiger partial charge is 0.494 e. The van der Waals surface area contributed by atoms with Crippen molar-refractivity contribution in [2.24, 2.45) is 5.73 Å². The maximum Gasteiger partial charge on any atom is 0.331 e. The molecule has 1 aromatic carbocycles. The van der Waals surface area contributed by atoms with Crippen LogP contribution in [0.2, 0.25) is 0 Å². The molecule has 0 aromatic heterocycles. The van der Waals surface area contributed by atoms with Gasteiger partial charge in [0.05, 0.1) is 13.7 Å². The number of rotatable bonds is 14. The Morgan fingerprint density at radius 2 is 1.60 bits per heavy atom. The Morgan fingerprint density at radius 3 is 2.28 bits per heavy atom. The van der Waals surface area contributed by atoms with Crippen molar-refractivity contribution in [2.45, 2.75) is 38.6 Å². The van der Waals surface area contributed by atoms with Crippen LogP contribution in [-0.2, 0) is 19.0 Å². The molecule has 0 aliphatic carbocycles. The van der Waals surface area contributed by atoms with Crippen molar-refractivity contribution >= 4 is 5.97 Å². The van der Waals surface area contributed by atoms with Crippen LogP contribution in [0.3, 0.4) is 0 Å². The van der Waals surface area contributed by atoms with Crippen LogP contribution in [0, 0.1) is 0 Å². The summed E-state index contributed by atoms with van der Waals surface area (Å²) in [5.41, 5.74) is 6.93. The van der Waals surface area contributed by atoms with Crippen molar-refractivity contribution < 1.29 is 23.7 Å². The van der Waals surface area contributed by atoms with Gasteiger partial charge < -0.3 is 24.7 Å². The van der Waals surface area contributed by atoms with Crippen molar-refractivity contribution in [1.82, 2.24) is 0 Å². The van der Waals surface area contributed by atoms with E-state index in [1.807, 2.05) is 31.2 Å². The monoisotopic (exact) mass is 353 g/mol. The number of carbonyl (C=O) groups is 1. The minimum atomic E-state index is -0.354. The van der Waals surface area contributed by atoms with Gasteiger partial charge in [0.15, 0.2) is 0 Å². The second kappa shape index (κ2) is 13.6. The second-order valence-corrected chi connectivity index (χ2v) is 5.86. The van der Waals surface area contributed by atoms with Gasteiger partial charge in [-0.25, -0.2) is 4.79 Å². The molecule has 25 heavy (non-hydrogen) atoms. The molecule has 0 spiro atoms. The summed E-state index contributed by atoms with van der Waals surface area (Å²) in [5, 5.41) is 0. The molecule has 1 atom stereocenters. The normalized spacial score (nSPS) is 12.0. The first-order chi connectivity index (χ1) is 12.1. The first-order valence-electron chi connectivity index (χ1n) is 8.84. The van der Waals surface area contributed by atoms with E-state index in [1.165, 1.54) is 7.11 Å². The third-order valence-electron chi connectivity index (χ3n) is 3.63. The predicted octanol–water partition coefficient (Wildman–Crippen LogP) is 2.85. The van der Waals surface area contributed by atoms with Crippen LogP contribution in [0.15, 0.2) is 24.3 Å². The van der Waals surface area contributed by atoms with Gasteiger partial charge >= 0.3 is 5.97 Å². The van der Waals surface area contributed by atoms with E-state index in [0.717, 1.165) is 43.6 Å². The first kappa shape index (κ1) is 21.4. The van der Waals surface area contributed by atoms with Crippen LogP contribution in [0.5, 0.6) is 5.75 Å². The molecule has 1 aromatic rings. The van der Waals surface area contributed by atoms with E-state index in [9.17, 15) is 4.79 Å². The highest BCUT2D eigenvalue weighted by Gasteiger charge is 2.00. The average molecular weight is 353 g/mol. The Labute approximate surface area is 150 Å². The molecule has 0 radical (unpaired) electrons. The minimum Gasteiger partial charge on any atom is -0.494 e. The van der Waals surface area contributed by atoms with E-state index in [1.54, 1.807) is 0 Å². The molecule has 0 bridgehead atoms. The van der Waals surface area contributed by atoms with Crippen molar-refractivity contribution in [3.05, 3.63) is 29.8 Å². The molecule has 0 amide bonds. The maximum atomic E-state index is 10.8. The summed E-state index contributed by atoms with van der Waals surface area (Å²) in [7, 11) is 1.34. The molecule has 2 N–H and O–H groups in total. The highest BCUT2D eigenvalue weighted by molar-refractivity contribution is 5.70. The summed E-state index contributed by atoms with van der Waals surface area (Å²) in [6.45, 7) is 4.56. The zero-order valence-corrected chi connectivity index (χ0v) is 15.4. The lowest BCUT2D eigenvalue weighted by atomic mass is 10.1. The lowest BCUT2D eigenvalue weighted by molar-refractivity contribution is -0.146. The topological polar surface area (TPSA) is 80.0 Å². The number of unbranched alkanes of at least 4 members (excludes halogenated alkanes) is 2. The van der Waals surface area contributed by atoms with Crippen molar-refractivity contribution in [3.63, 3.8) is 0 Å². The summed E-state index contributed by atoms with van der Waals surface area (Å²) in [6, 6.07) is 7.98. The second-order valence-electron chi connectivity index (χ2n) is 5.86. The predicted molar refractivity (Wildman–Crippen MR) is 96.7 cm³/mol. The summed E-state index contributed by atoms with van der Waals surface area (Å²) in [4.78, 5) is 10.8. The number of hydrogen-bond donors (Lipinski definition) is 1. The molecule has 0 heterocycles. The molecule has 1 rings (SSSR count). The Bertz CT molecular complexity index is 461. The van der Waals surface area contributed by atoms with Gasteiger partial charge in [0.1, 0.15) is 12.4 Å². The third kappa shape index (κ3) is 10.8. The van der Waals surface area contributed by atoms with E-state index < -0.39 is 0 Å². The molecule has 142 valence electrons. The molecule has 0 saturated carbocycles. The Kier molecular flexibility index (Phi) is 11.7. The zero-order valence-electron chi connectivity index (χ0n) is 15.4. The first-order valence-corrected chi connectivity index (χ1v) is 8.84. The molecule has 0 unspecified atom stereocenters. The van der Waals surface area contributed by atoms with Crippen LogP contribution < -0.4 is 10.5 Å². The van der Waals surface area contributed by atoms with Crippen LogP contribution >= 0.6 is 0 Å². The van der Waals surface area contributed by atoms with Gasteiger partial charge in [0, 0.05) is 25.9 Å². The van der Waals surface area contributed by atoms with Crippen molar-refractivity contribution in [1.29, 1.82) is 0 Å². The molecule has 6 nitrogen and oxygen atoms in total. The van der Waals surface area contributed by atoms with Crippen LogP contribution in [-0.4, -0.2) is 46.1 Å². The van der Waals surface area contributed by atoms with Gasteiger partial charge in [0.25, 0.3) is 0 Å². The van der Waals surface area contributed by atoms with Gasteiger partial charge in [-0.3, -0.25) is 0 Å². The number of ether oxygens (including phenoxy) is 4. The number of carbonyl (C=O) groups excluding carboxylic acids is 1. The van der Waals surface area contributed by atoms with Crippen LogP contribution in [0.25, 0.3) is 0 Å². The summed E-state index contributed by atoms with van der Waals surface area (Å²) < 4.78 is 20.8. The van der Waals surface area contributed by atoms with E-state index in [2.05, 4.69) is 4.74 Å². The van der Waals surface area contributed by atoms with E-state index in [-0.39, 0.29) is 18.6 Å². The molecule has 0 saturated heterocycles.